The number of aliphatic hydroxyl groups is 1. The number of ether oxygens (including phenoxy) is 2. The zero-order valence-corrected chi connectivity index (χ0v) is 10.3. The first-order valence-electron chi connectivity index (χ1n) is 5.87. The van der Waals surface area contributed by atoms with Crippen molar-refractivity contribution < 1.29 is 14.6 Å². The van der Waals surface area contributed by atoms with Gasteiger partial charge in [-0.2, -0.15) is 0 Å². The van der Waals surface area contributed by atoms with Crippen LogP contribution in [0.4, 0.5) is 0 Å². The summed E-state index contributed by atoms with van der Waals surface area (Å²) in [4.78, 5) is 0. The van der Waals surface area contributed by atoms with E-state index in [4.69, 9.17) is 9.47 Å². The van der Waals surface area contributed by atoms with Crippen LogP contribution in [-0.2, 0) is 0 Å². The van der Waals surface area contributed by atoms with E-state index in [1.54, 1.807) is 14.2 Å². The molecule has 0 aromatic heterocycles. The minimum atomic E-state index is -0.398. The third-order valence-electron chi connectivity index (χ3n) is 3.12. The maximum absolute atomic E-state index is 10.0. The molecule has 0 heterocycles. The Morgan fingerprint density at radius 2 is 2.06 bits per heavy atom. The molecule has 1 aliphatic carbocycles. The second-order valence-corrected chi connectivity index (χ2v) is 4.15. The maximum Gasteiger partial charge on any atom is 0.168 e. The lowest BCUT2D eigenvalue weighted by molar-refractivity contribution is 0.213. The van der Waals surface area contributed by atoms with Gasteiger partial charge in [0.25, 0.3) is 0 Å². The molecule has 0 aliphatic heterocycles. The Balaban J connectivity index is 2.47. The van der Waals surface area contributed by atoms with E-state index in [0.29, 0.717) is 11.5 Å². The lowest BCUT2D eigenvalue weighted by atomic mass is 9.90. The summed E-state index contributed by atoms with van der Waals surface area (Å²) >= 11 is 0. The topological polar surface area (TPSA) is 38.7 Å². The summed E-state index contributed by atoms with van der Waals surface area (Å²) in [7, 11) is 3.24. The number of allylic oxidation sites excluding steroid dienone is 1. The average Bonchev–Trinajstić information content (AvgIpc) is 2.38. The van der Waals surface area contributed by atoms with Gasteiger partial charge in [-0.1, -0.05) is 18.2 Å². The quantitative estimate of drug-likeness (QED) is 0.873. The molecule has 0 fully saturated rings. The molecule has 3 heteroatoms. The first-order chi connectivity index (χ1) is 8.27. The van der Waals surface area contributed by atoms with E-state index in [1.165, 1.54) is 0 Å². The van der Waals surface area contributed by atoms with Crippen molar-refractivity contribution in [1.82, 2.24) is 0 Å². The van der Waals surface area contributed by atoms with Crippen LogP contribution in [0.25, 0.3) is 5.57 Å². The third-order valence-corrected chi connectivity index (χ3v) is 3.12. The Bertz CT molecular complexity index is 423. The molecule has 1 aromatic carbocycles. The minimum Gasteiger partial charge on any atom is -0.493 e. The number of rotatable bonds is 3. The van der Waals surface area contributed by atoms with Crippen LogP contribution in [0.1, 0.15) is 24.8 Å². The zero-order valence-electron chi connectivity index (χ0n) is 10.3. The molecule has 0 unspecified atom stereocenters. The summed E-state index contributed by atoms with van der Waals surface area (Å²) in [5, 5.41) is 10.0. The van der Waals surface area contributed by atoms with Gasteiger partial charge in [0.15, 0.2) is 11.5 Å². The molecule has 0 spiro atoms. The van der Waals surface area contributed by atoms with Gasteiger partial charge >= 0.3 is 0 Å². The molecule has 0 saturated heterocycles. The molecule has 0 amide bonds. The summed E-state index contributed by atoms with van der Waals surface area (Å²) < 4.78 is 10.7. The predicted molar refractivity (Wildman–Crippen MR) is 67.4 cm³/mol. The molecule has 1 aliphatic rings. The van der Waals surface area contributed by atoms with Crippen molar-refractivity contribution in [1.29, 1.82) is 0 Å². The number of aliphatic hydroxyl groups excluding tert-OH is 1. The summed E-state index contributed by atoms with van der Waals surface area (Å²) in [6.45, 7) is 0. The van der Waals surface area contributed by atoms with Gasteiger partial charge in [0, 0.05) is 5.56 Å². The van der Waals surface area contributed by atoms with E-state index in [9.17, 15) is 5.11 Å². The maximum atomic E-state index is 10.0. The van der Waals surface area contributed by atoms with E-state index in [-0.39, 0.29) is 0 Å². The Kier molecular flexibility index (Phi) is 3.69. The molecule has 0 saturated carbocycles. The van der Waals surface area contributed by atoms with Crippen molar-refractivity contribution in [3.05, 3.63) is 29.8 Å². The highest BCUT2D eigenvalue weighted by molar-refractivity contribution is 5.76. The van der Waals surface area contributed by atoms with Gasteiger partial charge in [-0.05, 0) is 30.9 Å². The van der Waals surface area contributed by atoms with Gasteiger partial charge in [0.2, 0.25) is 0 Å². The molecule has 92 valence electrons. The summed E-state index contributed by atoms with van der Waals surface area (Å²) in [5.41, 5.74) is 1.88. The van der Waals surface area contributed by atoms with Crippen molar-refractivity contribution in [2.75, 3.05) is 14.2 Å². The zero-order chi connectivity index (χ0) is 12.3. The molecule has 0 bridgehead atoms. The molecule has 0 radical (unpaired) electrons. The van der Waals surface area contributed by atoms with Crippen LogP contribution in [0, 0.1) is 0 Å². The van der Waals surface area contributed by atoms with Crippen LogP contribution in [-0.4, -0.2) is 25.4 Å². The first kappa shape index (κ1) is 12.0. The Labute approximate surface area is 102 Å². The highest BCUT2D eigenvalue weighted by Gasteiger charge is 2.21. The predicted octanol–water partition coefficient (Wildman–Crippen LogP) is 2.63. The first-order valence-corrected chi connectivity index (χ1v) is 5.87. The average molecular weight is 234 g/mol. The largest absolute Gasteiger partial charge is 0.493 e. The van der Waals surface area contributed by atoms with Gasteiger partial charge in [-0.15, -0.1) is 0 Å². The lowest BCUT2D eigenvalue weighted by Crippen LogP contribution is -2.13. The fourth-order valence-electron chi connectivity index (χ4n) is 2.26. The highest BCUT2D eigenvalue weighted by Crippen LogP contribution is 2.38. The van der Waals surface area contributed by atoms with Gasteiger partial charge in [-0.3, -0.25) is 0 Å². The number of hydrogen-bond acceptors (Lipinski definition) is 3. The van der Waals surface area contributed by atoms with Crippen molar-refractivity contribution in [2.24, 2.45) is 0 Å². The van der Waals surface area contributed by atoms with Crippen molar-refractivity contribution in [3.63, 3.8) is 0 Å². The smallest absolute Gasteiger partial charge is 0.168 e. The van der Waals surface area contributed by atoms with E-state index >= 15 is 0 Å². The molecular formula is C14H18O3. The van der Waals surface area contributed by atoms with Crippen LogP contribution in [0.15, 0.2) is 24.3 Å². The van der Waals surface area contributed by atoms with E-state index in [0.717, 1.165) is 30.4 Å². The van der Waals surface area contributed by atoms with Gasteiger partial charge in [-0.25, -0.2) is 0 Å². The van der Waals surface area contributed by atoms with E-state index < -0.39 is 6.10 Å². The molecular weight excluding hydrogens is 216 g/mol. The van der Waals surface area contributed by atoms with Crippen molar-refractivity contribution >= 4 is 5.57 Å². The second kappa shape index (κ2) is 5.23. The van der Waals surface area contributed by atoms with Crippen molar-refractivity contribution in [2.45, 2.75) is 25.4 Å². The van der Waals surface area contributed by atoms with Crippen LogP contribution >= 0.6 is 0 Å². The van der Waals surface area contributed by atoms with E-state index in [2.05, 4.69) is 6.08 Å². The van der Waals surface area contributed by atoms with Crippen LogP contribution in [0.2, 0.25) is 0 Å². The summed E-state index contributed by atoms with van der Waals surface area (Å²) in [6, 6.07) is 5.73. The van der Waals surface area contributed by atoms with Gasteiger partial charge < -0.3 is 14.6 Å². The molecule has 17 heavy (non-hydrogen) atoms. The van der Waals surface area contributed by atoms with Crippen molar-refractivity contribution in [3.8, 4) is 11.5 Å². The fourth-order valence-corrected chi connectivity index (χ4v) is 2.26. The monoisotopic (exact) mass is 234 g/mol. The second-order valence-electron chi connectivity index (χ2n) is 4.15. The van der Waals surface area contributed by atoms with Crippen LogP contribution in [0.5, 0.6) is 11.5 Å². The summed E-state index contributed by atoms with van der Waals surface area (Å²) in [6.07, 6.45) is 4.55. The Morgan fingerprint density at radius 3 is 2.71 bits per heavy atom. The number of hydrogen-bond donors (Lipinski definition) is 1. The van der Waals surface area contributed by atoms with Crippen LogP contribution < -0.4 is 9.47 Å². The van der Waals surface area contributed by atoms with E-state index in [1.807, 2.05) is 18.2 Å². The molecule has 2 rings (SSSR count). The SMILES string of the molecule is COc1cccc(C2=CCCC[C@@H]2O)c1OC. The third kappa shape index (κ3) is 2.29. The minimum absolute atomic E-state index is 0.398. The highest BCUT2D eigenvalue weighted by atomic mass is 16.5. The molecule has 1 atom stereocenters. The normalized spacial score (nSPS) is 19.7. The number of para-hydroxylation sites is 1. The molecule has 3 nitrogen and oxygen atoms in total. The lowest BCUT2D eigenvalue weighted by Gasteiger charge is -2.22. The molecule has 1 N–H and O–H groups in total. The van der Waals surface area contributed by atoms with Gasteiger partial charge in [0.1, 0.15) is 0 Å². The summed E-state index contributed by atoms with van der Waals surface area (Å²) in [5.74, 6) is 1.39. The number of benzene rings is 1. The fraction of sp³-hybridized carbons (Fsp3) is 0.429. The Hall–Kier alpha value is -1.48. The molecule has 1 aromatic rings. The van der Waals surface area contributed by atoms with Crippen LogP contribution in [0.3, 0.4) is 0 Å². The standard InChI is InChI=1S/C14H18O3/c1-16-13-9-5-7-11(14(13)17-2)10-6-3-4-8-12(10)15/h5-7,9,12,15H,3-4,8H2,1-2H3/t12-/m0/s1. The Morgan fingerprint density at radius 1 is 1.24 bits per heavy atom. The number of methoxy groups -OCH3 is 2. The van der Waals surface area contributed by atoms with Gasteiger partial charge in [0.05, 0.1) is 20.3 Å².